The Bertz CT molecular complexity index is 410. The van der Waals surface area contributed by atoms with Crippen LogP contribution in [0.2, 0.25) is 0 Å². The van der Waals surface area contributed by atoms with Gasteiger partial charge in [-0.2, -0.15) is 4.79 Å². The van der Waals surface area contributed by atoms with Crippen molar-refractivity contribution in [1.82, 2.24) is 21.9 Å². The molecule has 8 heteroatoms. The summed E-state index contributed by atoms with van der Waals surface area (Å²) < 4.78 is 5.01. The van der Waals surface area contributed by atoms with Crippen molar-refractivity contribution in [2.45, 2.75) is 0 Å². The summed E-state index contributed by atoms with van der Waals surface area (Å²) in [6, 6.07) is 6.93. The molecular weight excluding hydrogens is 231 g/mol. The maximum atomic E-state index is 8.90. The Balaban J connectivity index is 0.00000144. The Labute approximate surface area is 121 Å². The zero-order valence-corrected chi connectivity index (χ0v) is 11.4. The second kappa shape index (κ2) is 6.85. The Morgan fingerprint density at radius 3 is 2.24 bits per heavy atom. The summed E-state index contributed by atoms with van der Waals surface area (Å²) in [4.78, 5) is 3.13. The third kappa shape index (κ3) is 3.35. The molecule has 0 saturated carbocycles. The van der Waals surface area contributed by atoms with E-state index in [4.69, 9.17) is 10.3 Å². The van der Waals surface area contributed by atoms with Crippen LogP contribution in [0.3, 0.4) is 0 Å². The van der Waals surface area contributed by atoms with Crippen molar-refractivity contribution >= 4 is 5.71 Å². The van der Waals surface area contributed by atoms with E-state index >= 15 is 0 Å². The molecule has 7 nitrogen and oxygen atoms in total. The van der Waals surface area contributed by atoms with Gasteiger partial charge in [0.1, 0.15) is 5.75 Å². The van der Waals surface area contributed by atoms with Crippen molar-refractivity contribution in [2.24, 2.45) is 0 Å². The Morgan fingerprint density at radius 1 is 1.18 bits per heavy atom. The molecular formula is C9H7N6NaO+. The van der Waals surface area contributed by atoms with E-state index in [0.29, 0.717) is 11.3 Å². The fourth-order valence-electron chi connectivity index (χ4n) is 1.22. The first-order valence-electron chi connectivity index (χ1n) is 4.40. The average Bonchev–Trinajstić information content (AvgIpc) is 2.85. The third-order valence-corrected chi connectivity index (χ3v) is 1.99. The van der Waals surface area contributed by atoms with Crippen molar-refractivity contribution < 1.29 is 39.1 Å². The van der Waals surface area contributed by atoms with Crippen molar-refractivity contribution in [2.75, 3.05) is 7.11 Å². The standard InChI is InChI=1S/C9H7N6O.Na/c1-16-7-4-2-6(3-5-7)8(11-10)9-12-14-15-13-9;/h2-5H,1H3;/q;+1. The third-order valence-electron chi connectivity index (χ3n) is 1.99. The molecule has 1 aliphatic heterocycles. The largest absolute Gasteiger partial charge is 1.00 e. The van der Waals surface area contributed by atoms with Gasteiger partial charge in [0, 0.05) is 0 Å². The second-order valence-corrected chi connectivity index (χ2v) is 2.88. The molecule has 0 aromatic heterocycles. The number of hydrogen-bond donors (Lipinski definition) is 0. The quantitative estimate of drug-likeness (QED) is 0.231. The summed E-state index contributed by atoms with van der Waals surface area (Å²) in [6.45, 7) is 0. The first-order chi connectivity index (χ1) is 7.85. The van der Waals surface area contributed by atoms with Crippen LogP contribution in [0.1, 0.15) is 5.56 Å². The molecule has 1 fully saturated rings. The van der Waals surface area contributed by atoms with Gasteiger partial charge in [-0.1, -0.05) is 10.9 Å². The Hall–Kier alpha value is -0.760. The minimum atomic E-state index is 0. The zero-order chi connectivity index (χ0) is 11.4. The van der Waals surface area contributed by atoms with E-state index in [-0.39, 0.29) is 41.4 Å². The van der Waals surface area contributed by atoms with E-state index in [1.165, 1.54) is 0 Å². The molecule has 5 radical (unpaired) electrons. The zero-order valence-electron chi connectivity index (χ0n) is 9.40. The van der Waals surface area contributed by atoms with Crippen molar-refractivity contribution in [3.63, 3.8) is 0 Å². The molecule has 0 amide bonds. The monoisotopic (exact) mass is 238 g/mol. The van der Waals surface area contributed by atoms with Crippen LogP contribution in [-0.4, -0.2) is 17.6 Å². The molecule has 0 bridgehead atoms. The van der Waals surface area contributed by atoms with Gasteiger partial charge in [-0.3, -0.25) is 0 Å². The topological polar surface area (TPSA) is 102 Å². The fraction of sp³-hybridized carbons (Fsp3) is 0.111. The number of rotatable bonds is 3. The molecule has 0 N–H and O–H groups in total. The van der Waals surface area contributed by atoms with Crippen LogP contribution >= 0.6 is 0 Å². The van der Waals surface area contributed by atoms with Gasteiger partial charge in [0.15, 0.2) is 0 Å². The van der Waals surface area contributed by atoms with Gasteiger partial charge in [0.05, 0.1) is 12.7 Å². The molecule has 2 rings (SSSR count). The van der Waals surface area contributed by atoms with E-state index < -0.39 is 0 Å². The smallest absolute Gasteiger partial charge is 0.497 e. The first-order valence-corrected chi connectivity index (χ1v) is 4.40. The minimum absolute atomic E-state index is 0. The number of nitrogens with zero attached hydrogens (tertiary/aromatic N) is 6. The Kier molecular flexibility index (Phi) is 5.76. The van der Waals surface area contributed by atoms with Crippen LogP contribution in [-0.2, 0) is 0 Å². The maximum absolute atomic E-state index is 8.90. The van der Waals surface area contributed by atoms with E-state index in [9.17, 15) is 0 Å². The Morgan fingerprint density at radius 2 is 1.76 bits per heavy atom. The minimum Gasteiger partial charge on any atom is -0.497 e. The summed E-state index contributed by atoms with van der Waals surface area (Å²) in [5.41, 5.74) is 23.6. The van der Waals surface area contributed by atoms with Crippen molar-refractivity contribution in [3.05, 3.63) is 41.5 Å². The van der Waals surface area contributed by atoms with Gasteiger partial charge < -0.3 is 10.3 Å². The molecule has 1 aliphatic rings. The molecule has 1 aromatic rings. The maximum Gasteiger partial charge on any atom is 1.00 e. The molecule has 1 saturated heterocycles. The summed E-state index contributed by atoms with van der Waals surface area (Å²) in [7, 11) is 1.57. The predicted octanol–water partition coefficient (Wildman–Crippen LogP) is -3.62. The molecule has 17 heavy (non-hydrogen) atoms. The fourth-order valence-corrected chi connectivity index (χ4v) is 1.22. The summed E-state index contributed by atoms with van der Waals surface area (Å²) >= 11 is 0. The average molecular weight is 238 g/mol. The molecule has 1 aromatic carbocycles. The SMILES string of the molecule is COc1ccc(C(=[N+]=[N-])[C]2[N][N][N][N]2)cc1.[Na+]. The van der Waals surface area contributed by atoms with E-state index in [0.717, 1.165) is 0 Å². The summed E-state index contributed by atoms with van der Waals surface area (Å²) in [5, 5.41) is 0. The van der Waals surface area contributed by atoms with Gasteiger partial charge >= 0.3 is 35.3 Å². The summed E-state index contributed by atoms with van der Waals surface area (Å²) in [6.07, 6.45) is 0.174. The van der Waals surface area contributed by atoms with Crippen LogP contribution in [0.15, 0.2) is 24.3 Å². The molecule has 0 atom stereocenters. The molecule has 0 aliphatic carbocycles. The number of hydrogen-bond acceptors (Lipinski definition) is 1. The van der Waals surface area contributed by atoms with Gasteiger partial charge in [-0.15, -0.1) is 0 Å². The summed E-state index contributed by atoms with van der Waals surface area (Å²) in [5.74, 6) is 0.709. The van der Waals surface area contributed by atoms with Gasteiger partial charge in [-0.05, 0) is 35.3 Å². The van der Waals surface area contributed by atoms with Crippen LogP contribution in [0, 0.1) is 6.17 Å². The van der Waals surface area contributed by atoms with Crippen LogP contribution in [0.4, 0.5) is 0 Å². The van der Waals surface area contributed by atoms with E-state index in [2.05, 4.69) is 26.7 Å². The van der Waals surface area contributed by atoms with E-state index in [1.807, 2.05) is 0 Å². The van der Waals surface area contributed by atoms with Crippen LogP contribution in [0.25, 0.3) is 5.53 Å². The van der Waals surface area contributed by atoms with Crippen molar-refractivity contribution in [1.29, 1.82) is 0 Å². The number of benzene rings is 1. The van der Waals surface area contributed by atoms with Gasteiger partial charge in [0.25, 0.3) is 6.17 Å². The predicted molar refractivity (Wildman–Crippen MR) is 52.5 cm³/mol. The molecule has 1 heterocycles. The van der Waals surface area contributed by atoms with Crippen LogP contribution < -0.4 is 56.2 Å². The molecule has 0 spiro atoms. The normalized spacial score (nSPS) is 14.9. The first kappa shape index (κ1) is 14.3. The molecule has 79 valence electrons. The molecule has 0 unspecified atom stereocenters. The number of methoxy groups -OCH3 is 1. The number of ether oxygens (including phenoxy) is 1. The van der Waals surface area contributed by atoms with Gasteiger partial charge in [-0.25, -0.2) is 0 Å². The van der Waals surface area contributed by atoms with Crippen LogP contribution in [0.5, 0.6) is 5.75 Å². The van der Waals surface area contributed by atoms with E-state index in [1.54, 1.807) is 31.4 Å². The van der Waals surface area contributed by atoms with Gasteiger partial charge in [0.2, 0.25) is 0 Å². The van der Waals surface area contributed by atoms with Crippen molar-refractivity contribution in [3.8, 4) is 5.75 Å². The second-order valence-electron chi connectivity index (χ2n) is 2.88.